The maximum Gasteiger partial charge on any atom is 0.0383 e. The van der Waals surface area contributed by atoms with E-state index in [1.807, 2.05) is 24.3 Å². The Morgan fingerprint density at radius 2 is 2.00 bits per heavy atom. The molecule has 3 heteroatoms. The third-order valence-electron chi connectivity index (χ3n) is 1.49. The minimum Gasteiger partial charge on any atom is -0.122 e. The van der Waals surface area contributed by atoms with E-state index in [1.54, 1.807) is 17.8 Å². The number of hydrogen-bond acceptors (Lipinski definition) is 1. The number of rotatable bonds is 4. The Bertz CT molecular complexity index is 317. The van der Waals surface area contributed by atoms with E-state index in [4.69, 9.17) is 23.2 Å². The van der Waals surface area contributed by atoms with E-state index in [0.717, 1.165) is 5.75 Å². The summed E-state index contributed by atoms with van der Waals surface area (Å²) < 4.78 is 0. The zero-order chi connectivity index (χ0) is 10.2. The van der Waals surface area contributed by atoms with Crippen molar-refractivity contribution in [3.05, 3.63) is 53.1 Å². The van der Waals surface area contributed by atoms with Crippen LogP contribution >= 0.6 is 35.0 Å². The van der Waals surface area contributed by atoms with Crippen molar-refractivity contribution >= 4 is 35.0 Å². The molecule has 1 rings (SSSR count). The van der Waals surface area contributed by atoms with Gasteiger partial charge in [0.25, 0.3) is 0 Å². The van der Waals surface area contributed by atoms with Crippen molar-refractivity contribution < 1.29 is 0 Å². The van der Waals surface area contributed by atoms with E-state index in [-0.39, 0.29) is 0 Å². The van der Waals surface area contributed by atoms with Crippen molar-refractivity contribution in [3.63, 3.8) is 0 Å². The molecule has 0 fully saturated rings. The Morgan fingerprint density at radius 1 is 1.29 bits per heavy atom. The van der Waals surface area contributed by atoms with Gasteiger partial charge in [-0.05, 0) is 18.2 Å². The predicted octanol–water partition coefficient (Wildman–Crippen LogP) is 4.65. The molecule has 0 aliphatic rings. The fourth-order valence-corrected chi connectivity index (χ4v) is 2.10. The zero-order valence-corrected chi connectivity index (χ0v) is 9.82. The van der Waals surface area contributed by atoms with Crippen molar-refractivity contribution in [2.75, 3.05) is 5.75 Å². The molecule has 0 saturated carbocycles. The lowest BCUT2D eigenvalue weighted by Gasteiger charge is -1.96. The number of halogens is 2. The normalized spacial score (nSPS) is 12.3. The van der Waals surface area contributed by atoms with Crippen LogP contribution in [0.5, 0.6) is 0 Å². The highest BCUT2D eigenvalue weighted by atomic mass is 35.5. The lowest BCUT2D eigenvalue weighted by atomic mass is 10.4. The summed E-state index contributed by atoms with van der Waals surface area (Å²) in [6.07, 6.45) is 3.59. The summed E-state index contributed by atoms with van der Waals surface area (Å²) in [6.45, 7) is 0. The molecule has 74 valence electrons. The average molecular weight is 245 g/mol. The molecular weight excluding hydrogens is 235 g/mol. The molecule has 0 radical (unpaired) electrons. The highest BCUT2D eigenvalue weighted by Crippen LogP contribution is 2.18. The summed E-state index contributed by atoms with van der Waals surface area (Å²) in [6, 6.07) is 10.2. The summed E-state index contributed by atoms with van der Waals surface area (Å²) in [7, 11) is 0. The van der Waals surface area contributed by atoms with E-state index in [2.05, 4.69) is 12.1 Å². The molecule has 0 spiro atoms. The first kappa shape index (κ1) is 11.7. The third kappa shape index (κ3) is 4.75. The number of thioether (sulfide) groups is 1. The Balaban J connectivity index is 2.39. The average Bonchev–Trinajstić information content (AvgIpc) is 2.20. The molecule has 0 N–H and O–H groups in total. The van der Waals surface area contributed by atoms with Gasteiger partial charge in [-0.3, -0.25) is 0 Å². The maximum absolute atomic E-state index is 5.82. The number of benzene rings is 1. The molecule has 14 heavy (non-hydrogen) atoms. The van der Waals surface area contributed by atoms with Gasteiger partial charge in [0.2, 0.25) is 0 Å². The van der Waals surface area contributed by atoms with E-state index in [9.17, 15) is 0 Å². The lowest BCUT2D eigenvalue weighted by Crippen LogP contribution is -1.74. The van der Waals surface area contributed by atoms with Gasteiger partial charge < -0.3 is 0 Å². The lowest BCUT2D eigenvalue weighted by molar-refractivity contribution is 1.46. The van der Waals surface area contributed by atoms with E-state index >= 15 is 0 Å². The molecule has 1 aromatic rings. The van der Waals surface area contributed by atoms with E-state index < -0.39 is 0 Å². The van der Waals surface area contributed by atoms with Crippen LogP contribution in [0.2, 0.25) is 0 Å². The first-order chi connectivity index (χ1) is 6.83. The van der Waals surface area contributed by atoms with Crippen LogP contribution in [0.25, 0.3) is 0 Å². The highest BCUT2D eigenvalue weighted by molar-refractivity contribution is 7.99. The van der Waals surface area contributed by atoms with E-state index in [1.165, 1.54) is 10.4 Å². The fraction of sp³-hybridized carbons (Fsp3) is 0.0909. The van der Waals surface area contributed by atoms with Gasteiger partial charge in [0.15, 0.2) is 0 Å². The second kappa shape index (κ2) is 6.99. The first-order valence-corrected chi connectivity index (χ1v) is 5.93. The van der Waals surface area contributed by atoms with Crippen LogP contribution < -0.4 is 0 Å². The highest BCUT2D eigenvalue weighted by Gasteiger charge is 1.90. The van der Waals surface area contributed by atoms with Crippen LogP contribution in [0.3, 0.4) is 0 Å². The van der Waals surface area contributed by atoms with Crippen LogP contribution in [0.4, 0.5) is 0 Å². The van der Waals surface area contributed by atoms with Gasteiger partial charge >= 0.3 is 0 Å². The minimum absolute atomic E-state index is 0.670. The summed E-state index contributed by atoms with van der Waals surface area (Å²) in [5, 5.41) is 0.670. The molecule has 0 atom stereocenters. The van der Waals surface area contributed by atoms with Crippen molar-refractivity contribution in [1.29, 1.82) is 0 Å². The summed E-state index contributed by atoms with van der Waals surface area (Å²) >= 11 is 12.9. The SMILES string of the molecule is Cl/C=C/C(Cl)=C/CSc1ccccc1. The molecule has 0 aliphatic heterocycles. The standard InChI is InChI=1S/C11H10Cl2S/c12-8-6-10(13)7-9-14-11-4-2-1-3-5-11/h1-8H,9H2/b8-6+,10-7-. The number of hydrogen-bond donors (Lipinski definition) is 0. The van der Waals surface area contributed by atoms with Crippen LogP contribution in [-0.2, 0) is 0 Å². The quantitative estimate of drug-likeness (QED) is 0.549. The number of allylic oxidation sites excluding steroid dienone is 2. The minimum atomic E-state index is 0.670. The fourth-order valence-electron chi connectivity index (χ4n) is 0.862. The van der Waals surface area contributed by atoms with Gasteiger partial charge in [-0.1, -0.05) is 47.5 Å². The molecule has 0 aromatic heterocycles. The maximum atomic E-state index is 5.82. The summed E-state index contributed by atoms with van der Waals surface area (Å²) in [5.41, 5.74) is 1.41. The Labute approximate surface area is 98.6 Å². The summed E-state index contributed by atoms with van der Waals surface area (Å²) in [5.74, 6) is 0.851. The van der Waals surface area contributed by atoms with Gasteiger partial charge in [0, 0.05) is 21.2 Å². The van der Waals surface area contributed by atoms with Gasteiger partial charge in [-0.2, -0.15) is 0 Å². The Kier molecular flexibility index (Phi) is 5.85. The van der Waals surface area contributed by atoms with Gasteiger partial charge in [0.05, 0.1) is 0 Å². The van der Waals surface area contributed by atoms with Crippen molar-refractivity contribution in [1.82, 2.24) is 0 Å². The predicted molar refractivity (Wildman–Crippen MR) is 66.1 cm³/mol. The topological polar surface area (TPSA) is 0 Å². The van der Waals surface area contributed by atoms with E-state index in [0.29, 0.717) is 5.03 Å². The van der Waals surface area contributed by atoms with Crippen molar-refractivity contribution in [3.8, 4) is 0 Å². The Morgan fingerprint density at radius 3 is 2.64 bits per heavy atom. The second-order valence-corrected chi connectivity index (χ2v) is 4.29. The molecular formula is C11H10Cl2S. The van der Waals surface area contributed by atoms with Crippen molar-refractivity contribution in [2.24, 2.45) is 0 Å². The van der Waals surface area contributed by atoms with Crippen LogP contribution in [-0.4, -0.2) is 5.75 Å². The van der Waals surface area contributed by atoms with Gasteiger partial charge in [-0.25, -0.2) is 0 Å². The molecule has 0 aliphatic carbocycles. The molecule has 0 nitrogen and oxygen atoms in total. The largest absolute Gasteiger partial charge is 0.122 e. The first-order valence-electron chi connectivity index (χ1n) is 4.13. The molecule has 0 heterocycles. The molecule has 0 unspecified atom stereocenters. The van der Waals surface area contributed by atoms with Crippen LogP contribution in [0.1, 0.15) is 0 Å². The zero-order valence-electron chi connectivity index (χ0n) is 7.49. The third-order valence-corrected chi connectivity index (χ3v) is 2.84. The smallest absolute Gasteiger partial charge is 0.0383 e. The molecule has 0 amide bonds. The molecule has 1 aromatic carbocycles. The van der Waals surface area contributed by atoms with Crippen LogP contribution in [0.15, 0.2) is 57.9 Å². The van der Waals surface area contributed by atoms with Crippen LogP contribution in [0, 0.1) is 0 Å². The van der Waals surface area contributed by atoms with Gasteiger partial charge in [0.1, 0.15) is 0 Å². The Hall–Kier alpha value is -0.370. The van der Waals surface area contributed by atoms with Gasteiger partial charge in [-0.15, -0.1) is 11.8 Å². The summed E-state index contributed by atoms with van der Waals surface area (Å²) in [4.78, 5) is 1.24. The monoisotopic (exact) mass is 244 g/mol. The molecule has 0 bridgehead atoms. The second-order valence-electron chi connectivity index (χ2n) is 2.51. The molecule has 0 saturated heterocycles. The van der Waals surface area contributed by atoms with Crippen molar-refractivity contribution in [2.45, 2.75) is 4.90 Å².